The fourth-order valence-electron chi connectivity index (χ4n) is 2.19. The zero-order chi connectivity index (χ0) is 16.9. The quantitative estimate of drug-likeness (QED) is 0.803. The van der Waals surface area contributed by atoms with E-state index >= 15 is 0 Å². The molecule has 0 aliphatic rings. The van der Waals surface area contributed by atoms with Gasteiger partial charge in [-0.15, -0.1) is 0 Å². The fraction of sp³-hybridized carbons (Fsp3) is 0.588. The predicted octanol–water partition coefficient (Wildman–Crippen LogP) is 5.02. The van der Waals surface area contributed by atoms with Crippen LogP contribution in [-0.4, -0.2) is 17.7 Å². The standard InChI is InChI=1S/C17H27FN2O2/c1-11(2)9-12(3)19-15-10-13(18)7-8-14(15)20-16(21)22-17(4,5)6/h7-8,10-12,19H,9H2,1-6H3,(H,20,21). The van der Waals surface area contributed by atoms with Crippen molar-refractivity contribution in [2.75, 3.05) is 10.6 Å². The molecule has 124 valence electrons. The number of ether oxygens (including phenoxy) is 1. The van der Waals surface area contributed by atoms with Gasteiger partial charge in [-0.05, 0) is 58.2 Å². The molecule has 0 heterocycles. The van der Waals surface area contributed by atoms with E-state index in [0.717, 1.165) is 6.42 Å². The van der Waals surface area contributed by atoms with Gasteiger partial charge in [0.1, 0.15) is 11.4 Å². The minimum atomic E-state index is -0.581. The Morgan fingerprint density at radius 2 is 1.86 bits per heavy atom. The number of carbonyl (C=O) groups is 1. The van der Waals surface area contributed by atoms with Crippen molar-refractivity contribution in [3.8, 4) is 0 Å². The first kappa shape index (κ1) is 18.3. The van der Waals surface area contributed by atoms with Gasteiger partial charge in [0.25, 0.3) is 0 Å². The molecule has 1 unspecified atom stereocenters. The molecule has 1 aromatic rings. The van der Waals surface area contributed by atoms with Crippen LogP contribution in [0.15, 0.2) is 18.2 Å². The maximum atomic E-state index is 13.5. The Morgan fingerprint density at radius 3 is 2.41 bits per heavy atom. The van der Waals surface area contributed by atoms with Crippen LogP contribution in [0.4, 0.5) is 20.6 Å². The van der Waals surface area contributed by atoms with Gasteiger partial charge in [0.15, 0.2) is 0 Å². The number of halogens is 1. The molecular formula is C17H27FN2O2. The van der Waals surface area contributed by atoms with Gasteiger partial charge in [-0.1, -0.05) is 13.8 Å². The summed E-state index contributed by atoms with van der Waals surface area (Å²) in [5.74, 6) is 0.173. The Labute approximate surface area is 132 Å². The van der Waals surface area contributed by atoms with Gasteiger partial charge >= 0.3 is 6.09 Å². The SMILES string of the molecule is CC(C)CC(C)Nc1cc(F)ccc1NC(=O)OC(C)(C)C. The summed E-state index contributed by atoms with van der Waals surface area (Å²) in [4.78, 5) is 11.9. The molecule has 4 nitrogen and oxygen atoms in total. The lowest BCUT2D eigenvalue weighted by Crippen LogP contribution is -2.28. The summed E-state index contributed by atoms with van der Waals surface area (Å²) >= 11 is 0. The Bertz CT molecular complexity index is 510. The van der Waals surface area contributed by atoms with E-state index in [2.05, 4.69) is 24.5 Å². The van der Waals surface area contributed by atoms with Crippen LogP contribution in [0.1, 0.15) is 48.0 Å². The highest BCUT2D eigenvalue weighted by molar-refractivity contribution is 5.89. The Balaban J connectivity index is 2.84. The van der Waals surface area contributed by atoms with E-state index in [1.54, 1.807) is 20.8 Å². The van der Waals surface area contributed by atoms with E-state index in [4.69, 9.17) is 4.74 Å². The lowest BCUT2D eigenvalue weighted by molar-refractivity contribution is 0.0636. The average molecular weight is 310 g/mol. The molecule has 0 aliphatic carbocycles. The van der Waals surface area contributed by atoms with Gasteiger partial charge in [0.05, 0.1) is 11.4 Å². The van der Waals surface area contributed by atoms with Crippen LogP contribution in [0.2, 0.25) is 0 Å². The van der Waals surface area contributed by atoms with Crippen LogP contribution in [0.5, 0.6) is 0 Å². The lowest BCUT2D eigenvalue weighted by atomic mass is 10.0. The zero-order valence-corrected chi connectivity index (χ0v) is 14.3. The van der Waals surface area contributed by atoms with Crippen LogP contribution in [-0.2, 0) is 4.74 Å². The molecule has 1 amide bonds. The lowest BCUT2D eigenvalue weighted by Gasteiger charge is -2.22. The molecule has 1 atom stereocenters. The molecule has 5 heteroatoms. The van der Waals surface area contributed by atoms with Crippen LogP contribution in [0.3, 0.4) is 0 Å². The van der Waals surface area contributed by atoms with Crippen LogP contribution in [0, 0.1) is 11.7 Å². The molecule has 0 aromatic heterocycles. The summed E-state index contributed by atoms with van der Waals surface area (Å²) in [5.41, 5.74) is 0.480. The van der Waals surface area contributed by atoms with Gasteiger partial charge in [0.2, 0.25) is 0 Å². The molecule has 0 bridgehead atoms. The van der Waals surface area contributed by atoms with E-state index < -0.39 is 11.7 Å². The normalized spacial score (nSPS) is 12.9. The Hall–Kier alpha value is -1.78. The molecule has 0 spiro atoms. The first-order valence-electron chi connectivity index (χ1n) is 7.63. The van der Waals surface area contributed by atoms with Crippen molar-refractivity contribution >= 4 is 17.5 Å². The average Bonchev–Trinajstić information content (AvgIpc) is 2.29. The smallest absolute Gasteiger partial charge is 0.412 e. The highest BCUT2D eigenvalue weighted by atomic mass is 19.1. The summed E-state index contributed by atoms with van der Waals surface area (Å²) in [6.45, 7) is 11.7. The van der Waals surface area contributed by atoms with Crippen molar-refractivity contribution < 1.29 is 13.9 Å². The second-order valence-corrected chi connectivity index (χ2v) is 6.99. The second kappa shape index (κ2) is 7.47. The van der Waals surface area contributed by atoms with E-state index in [9.17, 15) is 9.18 Å². The topological polar surface area (TPSA) is 50.4 Å². The van der Waals surface area contributed by atoms with Crippen LogP contribution >= 0.6 is 0 Å². The number of amides is 1. The van der Waals surface area contributed by atoms with Gasteiger partial charge in [-0.2, -0.15) is 0 Å². The number of hydrogen-bond donors (Lipinski definition) is 2. The molecule has 2 N–H and O–H groups in total. The highest BCUT2D eigenvalue weighted by Gasteiger charge is 2.18. The van der Waals surface area contributed by atoms with E-state index in [1.165, 1.54) is 18.2 Å². The maximum Gasteiger partial charge on any atom is 0.412 e. The number of hydrogen-bond acceptors (Lipinski definition) is 3. The van der Waals surface area contributed by atoms with Gasteiger partial charge in [-0.3, -0.25) is 5.32 Å². The van der Waals surface area contributed by atoms with Crippen molar-refractivity contribution in [2.45, 2.75) is 59.6 Å². The molecule has 22 heavy (non-hydrogen) atoms. The summed E-state index contributed by atoms with van der Waals surface area (Å²) in [7, 11) is 0. The largest absolute Gasteiger partial charge is 0.444 e. The summed E-state index contributed by atoms with van der Waals surface area (Å²) in [6, 6.07) is 4.39. The summed E-state index contributed by atoms with van der Waals surface area (Å²) in [5, 5.41) is 5.90. The van der Waals surface area contributed by atoms with Crippen molar-refractivity contribution in [3.05, 3.63) is 24.0 Å². The zero-order valence-electron chi connectivity index (χ0n) is 14.3. The number of rotatable bonds is 5. The van der Waals surface area contributed by atoms with Crippen LogP contribution in [0.25, 0.3) is 0 Å². The van der Waals surface area contributed by atoms with Crippen molar-refractivity contribution in [1.82, 2.24) is 0 Å². The van der Waals surface area contributed by atoms with Crippen molar-refractivity contribution in [2.24, 2.45) is 5.92 Å². The maximum absolute atomic E-state index is 13.5. The molecule has 0 saturated carbocycles. The van der Waals surface area contributed by atoms with Crippen molar-refractivity contribution in [1.29, 1.82) is 0 Å². The molecule has 0 aliphatic heterocycles. The van der Waals surface area contributed by atoms with E-state index in [1.807, 2.05) is 6.92 Å². The van der Waals surface area contributed by atoms with Crippen LogP contribution < -0.4 is 10.6 Å². The number of nitrogens with one attached hydrogen (secondary N) is 2. The molecule has 0 radical (unpaired) electrons. The van der Waals surface area contributed by atoms with Gasteiger partial charge in [-0.25, -0.2) is 9.18 Å². The Morgan fingerprint density at radius 1 is 1.23 bits per heavy atom. The first-order chi connectivity index (χ1) is 10.1. The number of benzene rings is 1. The van der Waals surface area contributed by atoms with Gasteiger partial charge in [0, 0.05) is 6.04 Å². The first-order valence-corrected chi connectivity index (χ1v) is 7.63. The monoisotopic (exact) mass is 310 g/mol. The number of anilines is 2. The molecule has 1 rings (SSSR count). The second-order valence-electron chi connectivity index (χ2n) is 6.99. The molecular weight excluding hydrogens is 283 g/mol. The summed E-state index contributed by atoms with van der Waals surface area (Å²) < 4.78 is 18.7. The highest BCUT2D eigenvalue weighted by Crippen LogP contribution is 2.25. The third kappa shape index (κ3) is 6.78. The van der Waals surface area contributed by atoms with E-state index in [-0.39, 0.29) is 11.9 Å². The van der Waals surface area contributed by atoms with Gasteiger partial charge < -0.3 is 10.1 Å². The molecule has 0 fully saturated rings. The fourth-order valence-corrected chi connectivity index (χ4v) is 2.19. The molecule has 0 saturated heterocycles. The summed E-state index contributed by atoms with van der Waals surface area (Å²) in [6.07, 6.45) is 0.390. The Kier molecular flexibility index (Phi) is 6.21. The van der Waals surface area contributed by atoms with Crippen molar-refractivity contribution in [3.63, 3.8) is 0 Å². The minimum Gasteiger partial charge on any atom is -0.444 e. The molecule has 1 aromatic carbocycles. The van der Waals surface area contributed by atoms with E-state index in [0.29, 0.717) is 17.3 Å². The number of carbonyl (C=O) groups excluding carboxylic acids is 1. The third-order valence-corrected chi connectivity index (χ3v) is 2.84. The predicted molar refractivity (Wildman–Crippen MR) is 88.8 cm³/mol. The minimum absolute atomic E-state index is 0.168. The third-order valence-electron chi connectivity index (χ3n) is 2.84.